The molecule has 0 unspecified atom stereocenters. The maximum absolute atomic E-state index is 13.1. The zero-order valence-electron chi connectivity index (χ0n) is 21.5. The van der Waals surface area contributed by atoms with Crippen molar-refractivity contribution in [3.8, 4) is 17.2 Å². The van der Waals surface area contributed by atoms with Gasteiger partial charge in [-0.1, -0.05) is 12.1 Å². The summed E-state index contributed by atoms with van der Waals surface area (Å²) >= 11 is 0. The van der Waals surface area contributed by atoms with Gasteiger partial charge in [0, 0.05) is 30.1 Å². The zero-order valence-corrected chi connectivity index (χ0v) is 21.5. The molecule has 190 valence electrons. The summed E-state index contributed by atoms with van der Waals surface area (Å²) in [5.41, 5.74) is 1.94. The molecule has 0 bridgehead atoms. The summed E-state index contributed by atoms with van der Waals surface area (Å²) in [6.07, 6.45) is 0. The van der Waals surface area contributed by atoms with Gasteiger partial charge in [0.15, 0.2) is 17.3 Å². The largest absolute Gasteiger partial charge is 0.497 e. The molecule has 0 atom stereocenters. The van der Waals surface area contributed by atoms with Crippen molar-refractivity contribution < 1.29 is 14.2 Å². The van der Waals surface area contributed by atoms with Gasteiger partial charge in [-0.05, 0) is 61.0 Å². The number of ether oxygens (including phenoxy) is 3. The van der Waals surface area contributed by atoms with Gasteiger partial charge >= 0.3 is 0 Å². The number of methoxy groups -OCH3 is 3. The van der Waals surface area contributed by atoms with Crippen LogP contribution in [0.25, 0.3) is 10.9 Å². The van der Waals surface area contributed by atoms with Crippen molar-refractivity contribution in [1.29, 1.82) is 0 Å². The number of H-pyrrole nitrogens is 1. The fourth-order valence-electron chi connectivity index (χ4n) is 4.12. The highest BCUT2D eigenvalue weighted by Crippen LogP contribution is 2.31. The number of aromatic amines is 1. The normalized spacial score (nSPS) is 11.8. The van der Waals surface area contributed by atoms with E-state index in [1.807, 2.05) is 41.1 Å². The maximum Gasteiger partial charge on any atom is 0.252 e. The molecule has 2 aromatic heterocycles. The topological polar surface area (TPSA) is 107 Å². The predicted molar refractivity (Wildman–Crippen MR) is 136 cm³/mol. The summed E-state index contributed by atoms with van der Waals surface area (Å²) in [7, 11) is 4.80. The van der Waals surface area contributed by atoms with E-state index in [4.69, 9.17) is 14.2 Å². The number of nitrogens with zero attached hydrogens (tertiary/aromatic N) is 5. The summed E-state index contributed by atoms with van der Waals surface area (Å²) in [4.78, 5) is 18.2. The molecule has 0 aliphatic rings. The van der Waals surface area contributed by atoms with Gasteiger partial charge in [-0.25, -0.2) is 4.68 Å². The van der Waals surface area contributed by atoms with Crippen LogP contribution in [0, 0.1) is 0 Å². The lowest BCUT2D eigenvalue weighted by atomic mass is 10.1. The lowest BCUT2D eigenvalue weighted by molar-refractivity contribution is 0.223. The fourth-order valence-corrected chi connectivity index (χ4v) is 4.12. The molecule has 0 radical (unpaired) electrons. The Hall–Kier alpha value is -3.92. The molecule has 0 aliphatic carbocycles. The van der Waals surface area contributed by atoms with Crippen molar-refractivity contribution >= 4 is 10.9 Å². The Labute approximate surface area is 209 Å². The molecule has 0 aliphatic heterocycles. The quantitative estimate of drug-likeness (QED) is 0.378. The van der Waals surface area contributed by atoms with E-state index in [-0.39, 0.29) is 11.1 Å². The third-order valence-corrected chi connectivity index (χ3v) is 5.92. The van der Waals surface area contributed by atoms with E-state index in [1.165, 1.54) is 0 Å². The predicted octanol–water partition coefficient (Wildman–Crippen LogP) is 3.50. The van der Waals surface area contributed by atoms with Crippen LogP contribution < -0.4 is 19.8 Å². The molecule has 0 saturated carbocycles. The minimum Gasteiger partial charge on any atom is -0.497 e. The summed E-state index contributed by atoms with van der Waals surface area (Å²) in [5.74, 6) is 2.67. The molecule has 0 fully saturated rings. The molecule has 36 heavy (non-hydrogen) atoms. The van der Waals surface area contributed by atoms with Crippen LogP contribution in [0.15, 0.2) is 47.3 Å². The maximum atomic E-state index is 13.1. The number of fused-ring (bicyclic) bond motifs is 1. The van der Waals surface area contributed by atoms with Crippen molar-refractivity contribution in [3.63, 3.8) is 0 Å². The van der Waals surface area contributed by atoms with Crippen molar-refractivity contribution in [2.45, 2.75) is 45.9 Å². The highest BCUT2D eigenvalue weighted by atomic mass is 16.5. The molecule has 2 aromatic carbocycles. The van der Waals surface area contributed by atoms with Crippen LogP contribution in [0.1, 0.15) is 37.7 Å². The van der Waals surface area contributed by atoms with Crippen LogP contribution in [0.3, 0.4) is 0 Å². The van der Waals surface area contributed by atoms with Crippen LogP contribution in [-0.4, -0.2) is 51.4 Å². The van der Waals surface area contributed by atoms with Crippen LogP contribution in [-0.2, 0) is 25.2 Å². The first-order chi connectivity index (χ1) is 17.2. The van der Waals surface area contributed by atoms with Gasteiger partial charge in [-0.3, -0.25) is 9.69 Å². The monoisotopic (exact) mass is 492 g/mol. The Morgan fingerprint density at radius 1 is 0.917 bits per heavy atom. The minimum atomic E-state index is -0.277. The number of hydrogen-bond donors (Lipinski definition) is 1. The summed E-state index contributed by atoms with van der Waals surface area (Å²) in [6.45, 7) is 7.59. The number of benzene rings is 2. The van der Waals surface area contributed by atoms with Gasteiger partial charge in [-0.15, -0.1) is 5.10 Å². The van der Waals surface area contributed by atoms with E-state index in [9.17, 15) is 4.79 Å². The van der Waals surface area contributed by atoms with Crippen molar-refractivity contribution in [2.24, 2.45) is 0 Å². The number of tetrazole rings is 1. The minimum absolute atomic E-state index is 0.162. The van der Waals surface area contributed by atoms with Gasteiger partial charge in [0.2, 0.25) is 0 Å². The van der Waals surface area contributed by atoms with E-state index < -0.39 is 0 Å². The molecule has 10 heteroatoms. The second kappa shape index (κ2) is 10.4. The third kappa shape index (κ3) is 5.49. The molecule has 4 rings (SSSR count). The Morgan fingerprint density at radius 2 is 1.61 bits per heavy atom. The number of nitrogens with one attached hydrogen (secondary N) is 1. The zero-order chi connectivity index (χ0) is 25.9. The van der Waals surface area contributed by atoms with Gasteiger partial charge in [0.1, 0.15) is 5.75 Å². The average Bonchev–Trinajstić information content (AvgIpc) is 3.33. The van der Waals surface area contributed by atoms with Crippen molar-refractivity contribution in [3.05, 3.63) is 69.8 Å². The second-order valence-electron chi connectivity index (χ2n) is 9.59. The SMILES string of the molecule is COc1ccc(CN(Cc2cc3cc(OC)c(OC)cc3[nH]c2=O)Cc2nnnn2C(C)(C)C)cc1. The first-order valence-corrected chi connectivity index (χ1v) is 11.6. The molecule has 0 saturated heterocycles. The molecular weight excluding hydrogens is 460 g/mol. The molecule has 4 aromatic rings. The summed E-state index contributed by atoms with van der Waals surface area (Å²) in [6, 6.07) is 13.4. The lowest BCUT2D eigenvalue weighted by Crippen LogP contribution is -2.31. The molecule has 10 nitrogen and oxygen atoms in total. The Morgan fingerprint density at radius 3 is 2.25 bits per heavy atom. The first kappa shape index (κ1) is 25.2. The van der Waals surface area contributed by atoms with Gasteiger partial charge in [0.25, 0.3) is 5.56 Å². The standard InChI is InChI=1S/C26H32N6O4/c1-26(2,3)32-24(28-29-30-32)16-31(14-17-7-9-20(34-4)10-8-17)15-19-11-18-12-22(35-5)23(36-6)13-21(18)27-25(19)33/h7-13H,14-16H2,1-6H3,(H,27,33). The highest BCUT2D eigenvalue weighted by molar-refractivity contribution is 5.83. The van der Waals surface area contributed by atoms with Crippen LogP contribution >= 0.6 is 0 Å². The van der Waals surface area contributed by atoms with E-state index in [0.29, 0.717) is 42.2 Å². The number of hydrogen-bond acceptors (Lipinski definition) is 8. The van der Waals surface area contributed by atoms with E-state index >= 15 is 0 Å². The van der Waals surface area contributed by atoms with Crippen LogP contribution in [0.4, 0.5) is 0 Å². The highest BCUT2D eigenvalue weighted by Gasteiger charge is 2.22. The summed E-state index contributed by atoms with van der Waals surface area (Å²) in [5, 5.41) is 13.2. The van der Waals surface area contributed by atoms with Gasteiger partial charge in [0.05, 0.1) is 38.9 Å². The van der Waals surface area contributed by atoms with E-state index in [2.05, 4.69) is 46.2 Å². The summed E-state index contributed by atoms with van der Waals surface area (Å²) < 4.78 is 17.9. The second-order valence-corrected chi connectivity index (χ2v) is 9.59. The third-order valence-electron chi connectivity index (χ3n) is 5.92. The Kier molecular flexibility index (Phi) is 7.25. The Balaban J connectivity index is 1.70. The van der Waals surface area contributed by atoms with E-state index in [0.717, 1.165) is 22.5 Å². The lowest BCUT2D eigenvalue weighted by Gasteiger charge is -2.25. The molecular formula is C26H32N6O4. The van der Waals surface area contributed by atoms with Crippen molar-refractivity contribution in [1.82, 2.24) is 30.1 Å². The number of rotatable bonds is 9. The van der Waals surface area contributed by atoms with Gasteiger partial charge in [-0.2, -0.15) is 0 Å². The number of pyridine rings is 1. The molecule has 0 spiro atoms. The van der Waals surface area contributed by atoms with Crippen molar-refractivity contribution in [2.75, 3.05) is 21.3 Å². The molecule has 2 heterocycles. The van der Waals surface area contributed by atoms with E-state index in [1.54, 1.807) is 27.4 Å². The smallest absolute Gasteiger partial charge is 0.252 e. The fraction of sp³-hybridized carbons (Fsp3) is 0.385. The molecule has 1 N–H and O–H groups in total. The average molecular weight is 493 g/mol. The van der Waals surface area contributed by atoms with Crippen LogP contribution in [0.5, 0.6) is 17.2 Å². The number of aromatic nitrogens is 5. The Bertz CT molecular complexity index is 1390. The molecule has 0 amide bonds. The van der Waals surface area contributed by atoms with Crippen LogP contribution in [0.2, 0.25) is 0 Å². The van der Waals surface area contributed by atoms with Gasteiger partial charge < -0.3 is 19.2 Å². The first-order valence-electron chi connectivity index (χ1n) is 11.6.